The number of halogens is 2. The van der Waals surface area contributed by atoms with E-state index in [9.17, 15) is 8.78 Å². The van der Waals surface area contributed by atoms with Gasteiger partial charge in [-0.15, -0.1) is 0 Å². The van der Waals surface area contributed by atoms with Gasteiger partial charge in [0.1, 0.15) is 12.4 Å². The van der Waals surface area contributed by atoms with Crippen molar-refractivity contribution in [3.63, 3.8) is 0 Å². The van der Waals surface area contributed by atoms with Gasteiger partial charge < -0.3 is 10.1 Å². The van der Waals surface area contributed by atoms with E-state index in [0.29, 0.717) is 12.5 Å². The SMILES string of the molecule is FC1(F)CC2(CC(CNc3ccc(OCc4cnccn4)cc3)C2)C1. The molecule has 4 nitrogen and oxygen atoms in total. The highest BCUT2D eigenvalue weighted by atomic mass is 19.3. The molecule has 2 fully saturated rings. The minimum Gasteiger partial charge on any atom is -0.487 e. The number of hydrogen-bond donors (Lipinski definition) is 1. The van der Waals surface area contributed by atoms with Crippen LogP contribution >= 0.6 is 0 Å². The van der Waals surface area contributed by atoms with Crippen molar-refractivity contribution in [2.75, 3.05) is 11.9 Å². The first-order valence-electron chi connectivity index (χ1n) is 8.62. The van der Waals surface area contributed by atoms with E-state index in [-0.39, 0.29) is 18.3 Å². The monoisotopic (exact) mass is 345 g/mol. The number of hydrogen-bond acceptors (Lipinski definition) is 4. The number of nitrogens with zero attached hydrogens (tertiary/aromatic N) is 2. The first kappa shape index (κ1) is 16.2. The number of alkyl halides is 2. The first-order chi connectivity index (χ1) is 12.0. The van der Waals surface area contributed by atoms with Crippen LogP contribution in [0.15, 0.2) is 42.9 Å². The van der Waals surface area contributed by atoms with E-state index in [0.717, 1.165) is 36.5 Å². The lowest BCUT2D eigenvalue weighted by Crippen LogP contribution is -2.54. The van der Waals surface area contributed by atoms with Gasteiger partial charge in [-0.1, -0.05) is 0 Å². The zero-order valence-corrected chi connectivity index (χ0v) is 13.9. The molecule has 0 aliphatic heterocycles. The van der Waals surface area contributed by atoms with E-state index < -0.39 is 5.92 Å². The van der Waals surface area contributed by atoms with E-state index >= 15 is 0 Å². The minimum atomic E-state index is -2.40. The molecule has 2 saturated carbocycles. The van der Waals surface area contributed by atoms with Crippen molar-refractivity contribution in [3.05, 3.63) is 48.5 Å². The molecule has 2 aromatic rings. The third-order valence-electron chi connectivity index (χ3n) is 5.16. The molecule has 1 spiro atoms. The maximum Gasteiger partial charge on any atom is 0.249 e. The van der Waals surface area contributed by atoms with Gasteiger partial charge in [0.05, 0.1) is 11.9 Å². The third-order valence-corrected chi connectivity index (χ3v) is 5.16. The molecule has 132 valence electrons. The molecule has 4 rings (SSSR count). The summed E-state index contributed by atoms with van der Waals surface area (Å²) in [6.07, 6.45) is 6.98. The highest BCUT2D eigenvalue weighted by Gasteiger charge is 2.61. The van der Waals surface area contributed by atoms with Crippen LogP contribution in [0.2, 0.25) is 0 Å². The van der Waals surface area contributed by atoms with Gasteiger partial charge in [0.2, 0.25) is 5.92 Å². The van der Waals surface area contributed by atoms with E-state index in [4.69, 9.17) is 4.74 Å². The summed E-state index contributed by atoms with van der Waals surface area (Å²) in [5.74, 6) is -1.13. The van der Waals surface area contributed by atoms with Gasteiger partial charge in [-0.3, -0.25) is 9.97 Å². The smallest absolute Gasteiger partial charge is 0.249 e. The van der Waals surface area contributed by atoms with Crippen molar-refractivity contribution in [2.24, 2.45) is 11.3 Å². The molecule has 0 atom stereocenters. The predicted octanol–water partition coefficient (Wildman–Crippen LogP) is 4.29. The Hall–Kier alpha value is -2.24. The molecule has 2 aliphatic carbocycles. The summed E-state index contributed by atoms with van der Waals surface area (Å²) in [4.78, 5) is 8.16. The molecule has 1 heterocycles. The van der Waals surface area contributed by atoms with E-state index in [1.165, 1.54) is 0 Å². The number of benzene rings is 1. The summed E-state index contributed by atoms with van der Waals surface area (Å²) in [7, 11) is 0. The average Bonchev–Trinajstić information content (AvgIpc) is 2.56. The zero-order chi connectivity index (χ0) is 17.3. The summed E-state index contributed by atoms with van der Waals surface area (Å²) in [6, 6.07) is 7.76. The van der Waals surface area contributed by atoms with Crippen LogP contribution in [0.1, 0.15) is 31.4 Å². The Labute approximate surface area is 145 Å². The highest BCUT2D eigenvalue weighted by Crippen LogP contribution is 2.64. The quantitative estimate of drug-likeness (QED) is 0.848. The van der Waals surface area contributed by atoms with Gasteiger partial charge in [0, 0.05) is 37.5 Å². The van der Waals surface area contributed by atoms with Gasteiger partial charge in [0.15, 0.2) is 0 Å². The molecular weight excluding hydrogens is 324 g/mol. The third kappa shape index (κ3) is 3.72. The highest BCUT2D eigenvalue weighted by molar-refractivity contribution is 5.46. The Morgan fingerprint density at radius 1 is 1.12 bits per heavy atom. The zero-order valence-electron chi connectivity index (χ0n) is 13.9. The molecular formula is C19H21F2N3O. The topological polar surface area (TPSA) is 47.0 Å². The van der Waals surface area contributed by atoms with Crippen molar-refractivity contribution >= 4 is 5.69 Å². The fourth-order valence-corrected chi connectivity index (χ4v) is 4.14. The van der Waals surface area contributed by atoms with Crippen LogP contribution in [0, 0.1) is 11.3 Å². The van der Waals surface area contributed by atoms with Crippen molar-refractivity contribution in [2.45, 2.75) is 38.2 Å². The van der Waals surface area contributed by atoms with Crippen molar-refractivity contribution < 1.29 is 13.5 Å². The lowest BCUT2D eigenvalue weighted by Gasteiger charge is -2.57. The molecule has 2 aliphatic rings. The lowest BCUT2D eigenvalue weighted by molar-refractivity contribution is -0.204. The Morgan fingerprint density at radius 2 is 1.88 bits per heavy atom. The Balaban J connectivity index is 1.20. The van der Waals surface area contributed by atoms with Crippen LogP contribution < -0.4 is 10.1 Å². The maximum atomic E-state index is 13.0. The van der Waals surface area contributed by atoms with Gasteiger partial charge in [0.25, 0.3) is 0 Å². The van der Waals surface area contributed by atoms with Crippen molar-refractivity contribution in [1.82, 2.24) is 9.97 Å². The fraction of sp³-hybridized carbons (Fsp3) is 0.474. The summed E-state index contributed by atoms with van der Waals surface area (Å²) >= 11 is 0. The Kier molecular flexibility index (Phi) is 4.06. The second-order valence-corrected chi connectivity index (χ2v) is 7.37. The van der Waals surface area contributed by atoms with Gasteiger partial charge >= 0.3 is 0 Å². The number of aromatic nitrogens is 2. The molecule has 0 unspecified atom stereocenters. The minimum absolute atomic E-state index is 0.0477. The second-order valence-electron chi connectivity index (χ2n) is 7.37. The number of anilines is 1. The van der Waals surface area contributed by atoms with Crippen LogP contribution in [-0.4, -0.2) is 22.4 Å². The molecule has 1 aromatic heterocycles. The lowest BCUT2D eigenvalue weighted by atomic mass is 9.50. The predicted molar refractivity (Wildman–Crippen MR) is 90.6 cm³/mol. The standard InChI is InChI=1S/C19H21F2N3O/c20-19(21)12-18(13-19)7-14(8-18)9-24-15-1-3-17(4-2-15)25-11-16-10-22-5-6-23-16/h1-6,10,14,24H,7-9,11-13H2. The Bertz CT molecular complexity index is 705. The van der Waals surface area contributed by atoms with E-state index in [1.807, 2.05) is 24.3 Å². The fourth-order valence-electron chi connectivity index (χ4n) is 4.14. The van der Waals surface area contributed by atoms with Crippen molar-refractivity contribution in [3.8, 4) is 5.75 Å². The number of ether oxygens (including phenoxy) is 1. The molecule has 6 heteroatoms. The molecule has 0 radical (unpaired) electrons. The molecule has 0 saturated heterocycles. The van der Waals surface area contributed by atoms with Crippen LogP contribution in [0.25, 0.3) is 0 Å². The van der Waals surface area contributed by atoms with Gasteiger partial charge in [-0.2, -0.15) is 0 Å². The number of rotatable bonds is 6. The van der Waals surface area contributed by atoms with Gasteiger partial charge in [-0.05, 0) is 48.4 Å². The normalized spacial score (nSPS) is 20.6. The molecule has 0 amide bonds. The van der Waals surface area contributed by atoms with E-state index in [2.05, 4.69) is 15.3 Å². The van der Waals surface area contributed by atoms with Gasteiger partial charge in [-0.25, -0.2) is 8.78 Å². The van der Waals surface area contributed by atoms with Crippen LogP contribution in [0.5, 0.6) is 5.75 Å². The summed E-state index contributed by atoms with van der Waals surface area (Å²) in [5.41, 5.74) is 1.75. The molecule has 1 aromatic carbocycles. The summed E-state index contributed by atoms with van der Waals surface area (Å²) < 4.78 is 31.7. The number of nitrogens with one attached hydrogen (secondary N) is 1. The average molecular weight is 345 g/mol. The summed E-state index contributed by atoms with van der Waals surface area (Å²) in [5, 5.41) is 3.39. The second kappa shape index (κ2) is 6.24. The molecule has 0 bridgehead atoms. The van der Waals surface area contributed by atoms with E-state index in [1.54, 1.807) is 18.6 Å². The largest absolute Gasteiger partial charge is 0.487 e. The van der Waals surface area contributed by atoms with Crippen LogP contribution in [0.4, 0.5) is 14.5 Å². The molecule has 1 N–H and O–H groups in total. The maximum absolute atomic E-state index is 13.0. The van der Waals surface area contributed by atoms with Crippen molar-refractivity contribution in [1.29, 1.82) is 0 Å². The first-order valence-corrected chi connectivity index (χ1v) is 8.62. The van der Waals surface area contributed by atoms with Crippen LogP contribution in [0.3, 0.4) is 0 Å². The van der Waals surface area contributed by atoms with Crippen LogP contribution in [-0.2, 0) is 6.61 Å². The Morgan fingerprint density at radius 3 is 2.52 bits per heavy atom. The summed E-state index contributed by atoms with van der Waals surface area (Å²) in [6.45, 7) is 1.22. The molecule has 25 heavy (non-hydrogen) atoms.